The molecule has 1 aliphatic rings. The highest BCUT2D eigenvalue weighted by atomic mass is 16.6. The van der Waals surface area contributed by atoms with E-state index in [1.807, 2.05) is 6.92 Å². The Balaban J connectivity index is 2.05. The van der Waals surface area contributed by atoms with Gasteiger partial charge in [-0.25, -0.2) is 4.98 Å². The fourth-order valence-corrected chi connectivity index (χ4v) is 2.09. The molecule has 1 heterocycles. The number of anilines is 1. The molecule has 5 heteroatoms. The minimum absolute atomic E-state index is 0.0493. The lowest BCUT2D eigenvalue weighted by Gasteiger charge is -2.18. The molecule has 0 aliphatic heterocycles. The monoisotopic (exact) mass is 249 g/mol. The van der Waals surface area contributed by atoms with Crippen LogP contribution in [0.5, 0.6) is 0 Å². The van der Waals surface area contributed by atoms with Gasteiger partial charge in [-0.3, -0.25) is 10.1 Å². The molecule has 0 radical (unpaired) electrons. The quantitative estimate of drug-likeness (QED) is 0.620. The fourth-order valence-electron chi connectivity index (χ4n) is 2.09. The van der Waals surface area contributed by atoms with Gasteiger partial charge in [0.2, 0.25) is 0 Å². The Labute approximate surface area is 107 Å². The van der Waals surface area contributed by atoms with Gasteiger partial charge in [0, 0.05) is 12.1 Å². The maximum Gasteiger partial charge on any atom is 0.287 e. The minimum Gasteiger partial charge on any atom is -0.367 e. The Hall–Kier alpha value is -1.65. The molecule has 5 nitrogen and oxygen atoms in total. The molecule has 1 saturated carbocycles. The summed E-state index contributed by atoms with van der Waals surface area (Å²) < 4.78 is 0. The predicted octanol–water partition coefficient (Wildman–Crippen LogP) is 3.29. The SMILES string of the molecule is CCC(CC1CC1)Nc1ncc([N+](=O)[O-])cc1C. The molecule has 0 saturated heterocycles. The van der Waals surface area contributed by atoms with Crippen molar-refractivity contribution in [1.29, 1.82) is 0 Å². The molecule has 18 heavy (non-hydrogen) atoms. The predicted molar refractivity (Wildman–Crippen MR) is 70.7 cm³/mol. The van der Waals surface area contributed by atoms with E-state index in [0.29, 0.717) is 6.04 Å². The standard InChI is InChI=1S/C13H19N3O2/c1-3-11(7-10-4-5-10)15-13-9(2)6-12(8-14-13)16(17)18/h6,8,10-11H,3-5,7H2,1-2H3,(H,14,15). The lowest BCUT2D eigenvalue weighted by Crippen LogP contribution is -2.20. The van der Waals surface area contributed by atoms with Crippen LogP contribution >= 0.6 is 0 Å². The largest absolute Gasteiger partial charge is 0.367 e. The van der Waals surface area contributed by atoms with Crippen LogP contribution in [-0.2, 0) is 0 Å². The summed E-state index contributed by atoms with van der Waals surface area (Å²) in [7, 11) is 0. The highest BCUT2D eigenvalue weighted by molar-refractivity contribution is 5.48. The Morgan fingerprint density at radius 1 is 1.61 bits per heavy atom. The maximum atomic E-state index is 10.6. The molecule has 1 atom stereocenters. The van der Waals surface area contributed by atoms with E-state index in [9.17, 15) is 10.1 Å². The van der Waals surface area contributed by atoms with E-state index in [0.717, 1.165) is 23.7 Å². The van der Waals surface area contributed by atoms with E-state index in [1.165, 1.54) is 25.5 Å². The molecule has 0 aromatic carbocycles. The lowest BCUT2D eigenvalue weighted by molar-refractivity contribution is -0.385. The van der Waals surface area contributed by atoms with Crippen molar-refractivity contribution in [2.24, 2.45) is 5.92 Å². The average Bonchev–Trinajstić information content (AvgIpc) is 3.14. The molecule has 1 N–H and O–H groups in total. The molecule has 98 valence electrons. The maximum absolute atomic E-state index is 10.6. The Morgan fingerprint density at radius 3 is 2.83 bits per heavy atom. The summed E-state index contributed by atoms with van der Waals surface area (Å²) in [6, 6.07) is 1.99. The van der Waals surface area contributed by atoms with Crippen molar-refractivity contribution >= 4 is 11.5 Å². The van der Waals surface area contributed by atoms with Gasteiger partial charge in [-0.05, 0) is 31.2 Å². The highest BCUT2D eigenvalue weighted by Crippen LogP contribution is 2.35. The van der Waals surface area contributed by atoms with E-state index >= 15 is 0 Å². The number of aryl methyl sites for hydroxylation is 1. The first-order valence-electron chi connectivity index (χ1n) is 6.47. The Morgan fingerprint density at radius 2 is 2.33 bits per heavy atom. The van der Waals surface area contributed by atoms with E-state index < -0.39 is 4.92 Å². The molecule has 0 spiro atoms. The van der Waals surface area contributed by atoms with E-state index in [1.54, 1.807) is 6.07 Å². The molecular formula is C13H19N3O2. The van der Waals surface area contributed by atoms with Crippen LogP contribution in [0, 0.1) is 23.0 Å². The van der Waals surface area contributed by atoms with Gasteiger partial charge in [0.25, 0.3) is 5.69 Å². The van der Waals surface area contributed by atoms with Gasteiger partial charge in [0.1, 0.15) is 12.0 Å². The molecular weight excluding hydrogens is 230 g/mol. The fraction of sp³-hybridized carbons (Fsp3) is 0.615. The topological polar surface area (TPSA) is 68.1 Å². The van der Waals surface area contributed by atoms with E-state index in [-0.39, 0.29) is 5.69 Å². The van der Waals surface area contributed by atoms with Gasteiger partial charge in [-0.2, -0.15) is 0 Å². The van der Waals surface area contributed by atoms with Crippen molar-refractivity contribution in [2.75, 3.05) is 5.32 Å². The summed E-state index contributed by atoms with van der Waals surface area (Å²) in [5.41, 5.74) is 0.881. The summed E-state index contributed by atoms with van der Waals surface area (Å²) in [5.74, 6) is 1.63. The van der Waals surface area contributed by atoms with Crippen molar-refractivity contribution in [3.05, 3.63) is 27.9 Å². The second-order valence-corrected chi connectivity index (χ2v) is 5.04. The van der Waals surface area contributed by atoms with Crippen molar-refractivity contribution in [3.8, 4) is 0 Å². The molecule has 1 fully saturated rings. The Kier molecular flexibility index (Phi) is 3.79. The summed E-state index contributed by atoms with van der Waals surface area (Å²) in [6.07, 6.45) is 6.22. The van der Waals surface area contributed by atoms with Crippen LogP contribution in [0.2, 0.25) is 0 Å². The smallest absolute Gasteiger partial charge is 0.287 e. The summed E-state index contributed by atoms with van der Waals surface area (Å²) >= 11 is 0. The van der Waals surface area contributed by atoms with Gasteiger partial charge < -0.3 is 5.32 Å². The molecule has 0 bridgehead atoms. The second-order valence-electron chi connectivity index (χ2n) is 5.04. The first kappa shape index (κ1) is 12.8. The van der Waals surface area contributed by atoms with E-state index in [4.69, 9.17) is 0 Å². The van der Waals surface area contributed by atoms with Crippen LogP contribution in [-0.4, -0.2) is 15.9 Å². The number of aromatic nitrogens is 1. The molecule has 1 unspecified atom stereocenters. The van der Waals surface area contributed by atoms with Crippen LogP contribution in [0.15, 0.2) is 12.3 Å². The minimum atomic E-state index is -0.411. The number of hydrogen-bond acceptors (Lipinski definition) is 4. The molecule has 2 rings (SSSR count). The van der Waals surface area contributed by atoms with Gasteiger partial charge in [0.05, 0.1) is 4.92 Å². The number of nitrogens with zero attached hydrogens (tertiary/aromatic N) is 2. The van der Waals surface area contributed by atoms with Gasteiger partial charge in [-0.1, -0.05) is 19.8 Å². The summed E-state index contributed by atoms with van der Waals surface area (Å²) in [5, 5.41) is 14.0. The average molecular weight is 249 g/mol. The van der Waals surface area contributed by atoms with Crippen molar-refractivity contribution in [1.82, 2.24) is 4.98 Å². The zero-order chi connectivity index (χ0) is 13.1. The van der Waals surface area contributed by atoms with Crippen LogP contribution in [0.4, 0.5) is 11.5 Å². The summed E-state index contributed by atoms with van der Waals surface area (Å²) in [6.45, 7) is 4.01. The molecule has 1 aromatic rings. The van der Waals surface area contributed by atoms with Crippen LogP contribution < -0.4 is 5.32 Å². The third kappa shape index (κ3) is 3.18. The zero-order valence-corrected chi connectivity index (χ0v) is 10.8. The number of hydrogen-bond donors (Lipinski definition) is 1. The van der Waals surface area contributed by atoms with Crippen molar-refractivity contribution in [3.63, 3.8) is 0 Å². The molecule has 0 amide bonds. The normalized spacial score (nSPS) is 16.3. The van der Waals surface area contributed by atoms with Crippen molar-refractivity contribution in [2.45, 2.75) is 45.6 Å². The summed E-state index contributed by atoms with van der Waals surface area (Å²) in [4.78, 5) is 14.4. The number of rotatable bonds is 6. The van der Waals surface area contributed by atoms with Gasteiger partial charge in [-0.15, -0.1) is 0 Å². The lowest BCUT2D eigenvalue weighted by atomic mass is 10.1. The van der Waals surface area contributed by atoms with E-state index in [2.05, 4.69) is 17.2 Å². The van der Waals surface area contributed by atoms with Gasteiger partial charge >= 0.3 is 0 Å². The first-order valence-corrected chi connectivity index (χ1v) is 6.47. The van der Waals surface area contributed by atoms with Crippen molar-refractivity contribution < 1.29 is 4.92 Å². The number of nitro groups is 1. The molecule has 1 aliphatic carbocycles. The Bertz CT molecular complexity index is 444. The number of nitrogens with one attached hydrogen (secondary N) is 1. The zero-order valence-electron chi connectivity index (χ0n) is 10.8. The highest BCUT2D eigenvalue weighted by Gasteiger charge is 2.25. The first-order chi connectivity index (χ1) is 8.60. The third-order valence-corrected chi connectivity index (χ3v) is 3.42. The second kappa shape index (κ2) is 5.33. The third-order valence-electron chi connectivity index (χ3n) is 3.42. The molecule has 1 aromatic heterocycles. The van der Waals surface area contributed by atoms with Gasteiger partial charge in [0.15, 0.2) is 0 Å². The van der Waals surface area contributed by atoms with Crippen LogP contribution in [0.3, 0.4) is 0 Å². The number of pyridine rings is 1. The van der Waals surface area contributed by atoms with Crippen LogP contribution in [0.25, 0.3) is 0 Å². The van der Waals surface area contributed by atoms with Crippen LogP contribution in [0.1, 0.15) is 38.2 Å².